The lowest BCUT2D eigenvalue weighted by atomic mass is 9.44. The lowest BCUT2D eigenvalue weighted by Crippen LogP contribution is -2.54. The van der Waals surface area contributed by atoms with Gasteiger partial charge in [0.05, 0.1) is 11.8 Å². The van der Waals surface area contributed by atoms with Gasteiger partial charge in [0.2, 0.25) is 0 Å². The zero-order chi connectivity index (χ0) is 25.5. The summed E-state index contributed by atoms with van der Waals surface area (Å²) < 4.78 is 1.95. The van der Waals surface area contributed by atoms with Crippen LogP contribution in [-0.2, 0) is 17.8 Å². The van der Waals surface area contributed by atoms with Crippen LogP contribution in [0.5, 0.6) is 0 Å². The van der Waals surface area contributed by atoms with Crippen molar-refractivity contribution < 1.29 is 15.0 Å². The van der Waals surface area contributed by atoms with Crippen LogP contribution < -0.4 is 0 Å². The van der Waals surface area contributed by atoms with Gasteiger partial charge < -0.3 is 10.2 Å². The number of aliphatic hydroxyl groups excluding tert-OH is 1. The molecule has 0 aromatic carbocycles. The van der Waals surface area contributed by atoms with Gasteiger partial charge in [0, 0.05) is 19.2 Å². The fraction of sp³-hybridized carbons (Fsp3) is 0.900. The first-order valence-electron chi connectivity index (χ1n) is 15.0. The number of nitrogens with zero attached hydrogens (tertiary/aromatic N) is 3. The van der Waals surface area contributed by atoms with E-state index < -0.39 is 5.97 Å². The molecule has 0 bridgehead atoms. The summed E-state index contributed by atoms with van der Waals surface area (Å²) in [6, 6.07) is 0. The quantitative estimate of drug-likeness (QED) is 0.427. The number of hydrogen-bond donors (Lipinski definition) is 2. The Bertz CT molecular complexity index is 917. The highest BCUT2D eigenvalue weighted by molar-refractivity contribution is 5.66. The highest BCUT2D eigenvalue weighted by Gasteiger charge is 2.60. The van der Waals surface area contributed by atoms with Crippen LogP contribution in [0.1, 0.15) is 110 Å². The molecule has 1 aromatic heterocycles. The Balaban J connectivity index is 1.15. The Morgan fingerprint density at radius 3 is 2.67 bits per heavy atom. The third-order valence-corrected chi connectivity index (χ3v) is 11.9. The Morgan fingerprint density at radius 2 is 1.86 bits per heavy atom. The fourth-order valence-corrected chi connectivity index (χ4v) is 9.97. The second-order valence-electron chi connectivity index (χ2n) is 13.7. The zero-order valence-corrected chi connectivity index (χ0v) is 22.9. The molecule has 4 unspecified atom stereocenters. The van der Waals surface area contributed by atoms with E-state index in [0.717, 1.165) is 67.0 Å². The Labute approximate surface area is 217 Å². The molecule has 1 heterocycles. The summed E-state index contributed by atoms with van der Waals surface area (Å²) in [7, 11) is 0. The highest BCUT2D eigenvalue weighted by Crippen LogP contribution is 2.68. The summed E-state index contributed by atoms with van der Waals surface area (Å²) in [6.45, 7) is 8.66. The third-order valence-electron chi connectivity index (χ3n) is 11.9. The molecule has 0 aliphatic heterocycles. The van der Waals surface area contributed by atoms with Crippen molar-refractivity contribution in [2.75, 3.05) is 0 Å². The Hall–Kier alpha value is -1.43. The number of aliphatic hydroxyl groups is 1. The molecular weight excluding hydrogens is 450 g/mol. The van der Waals surface area contributed by atoms with E-state index in [9.17, 15) is 9.90 Å². The van der Waals surface area contributed by atoms with Gasteiger partial charge in [-0.1, -0.05) is 26.0 Å². The van der Waals surface area contributed by atoms with Crippen LogP contribution in [0.4, 0.5) is 0 Å². The SMILES string of the molecule is CC(CCCn1cc(CCCC(=O)O)nn1)C1CC[C@H]2C3CC[C@@H]4C[C@H](O)CC[C@]4(C)C3CC[C@]12C. The van der Waals surface area contributed by atoms with Crippen LogP contribution in [0.25, 0.3) is 0 Å². The average molecular weight is 500 g/mol. The van der Waals surface area contributed by atoms with Gasteiger partial charge >= 0.3 is 5.97 Å². The van der Waals surface area contributed by atoms with E-state index >= 15 is 0 Å². The summed E-state index contributed by atoms with van der Waals surface area (Å²) in [4.78, 5) is 10.7. The number of aromatic nitrogens is 3. The van der Waals surface area contributed by atoms with E-state index in [1.165, 1.54) is 51.4 Å². The van der Waals surface area contributed by atoms with Gasteiger partial charge in [-0.3, -0.25) is 9.48 Å². The summed E-state index contributed by atoms with van der Waals surface area (Å²) in [6.07, 6.45) is 17.5. The van der Waals surface area contributed by atoms with Crippen molar-refractivity contribution in [3.63, 3.8) is 0 Å². The summed E-state index contributed by atoms with van der Waals surface area (Å²) >= 11 is 0. The number of hydrogen-bond acceptors (Lipinski definition) is 4. The van der Waals surface area contributed by atoms with Crippen molar-refractivity contribution in [2.45, 2.75) is 123 Å². The molecule has 0 spiro atoms. The molecule has 36 heavy (non-hydrogen) atoms. The van der Waals surface area contributed by atoms with E-state index in [1.54, 1.807) is 0 Å². The van der Waals surface area contributed by atoms with Crippen LogP contribution >= 0.6 is 0 Å². The number of rotatable bonds is 9. The lowest BCUT2D eigenvalue weighted by molar-refractivity contribution is -0.137. The smallest absolute Gasteiger partial charge is 0.303 e. The first-order valence-corrected chi connectivity index (χ1v) is 15.0. The van der Waals surface area contributed by atoms with Crippen LogP contribution in [0.15, 0.2) is 6.20 Å². The van der Waals surface area contributed by atoms with E-state index in [0.29, 0.717) is 23.7 Å². The van der Waals surface area contributed by atoms with Gasteiger partial charge in [0.15, 0.2) is 0 Å². The largest absolute Gasteiger partial charge is 0.481 e. The van der Waals surface area contributed by atoms with E-state index in [2.05, 4.69) is 31.1 Å². The highest BCUT2D eigenvalue weighted by atomic mass is 16.4. The van der Waals surface area contributed by atoms with Crippen molar-refractivity contribution in [2.24, 2.45) is 46.3 Å². The van der Waals surface area contributed by atoms with Crippen molar-refractivity contribution in [3.05, 3.63) is 11.9 Å². The topological polar surface area (TPSA) is 88.2 Å². The van der Waals surface area contributed by atoms with Crippen molar-refractivity contribution in [3.8, 4) is 0 Å². The maximum absolute atomic E-state index is 10.7. The molecule has 2 N–H and O–H groups in total. The molecule has 4 aliphatic rings. The van der Waals surface area contributed by atoms with Crippen molar-refractivity contribution >= 4 is 5.97 Å². The number of carbonyl (C=O) groups is 1. The predicted octanol–water partition coefficient (Wildman–Crippen LogP) is 6.12. The second kappa shape index (κ2) is 10.4. The minimum atomic E-state index is -0.747. The fourth-order valence-electron chi connectivity index (χ4n) is 9.97. The van der Waals surface area contributed by atoms with Gasteiger partial charge in [0.1, 0.15) is 0 Å². The minimum Gasteiger partial charge on any atom is -0.481 e. The van der Waals surface area contributed by atoms with Gasteiger partial charge in [-0.05, 0) is 130 Å². The molecular formula is C30H49N3O3. The molecule has 6 nitrogen and oxygen atoms in total. The van der Waals surface area contributed by atoms with Crippen LogP contribution in [0.3, 0.4) is 0 Å². The van der Waals surface area contributed by atoms with Crippen molar-refractivity contribution in [1.82, 2.24) is 15.0 Å². The lowest BCUT2D eigenvalue weighted by Gasteiger charge is -2.61. The molecule has 1 aromatic rings. The molecule has 0 amide bonds. The van der Waals surface area contributed by atoms with Crippen LogP contribution in [0.2, 0.25) is 0 Å². The van der Waals surface area contributed by atoms with Gasteiger partial charge in [-0.25, -0.2) is 0 Å². The van der Waals surface area contributed by atoms with Gasteiger partial charge in [-0.15, -0.1) is 5.10 Å². The van der Waals surface area contributed by atoms with E-state index in [-0.39, 0.29) is 12.5 Å². The molecule has 5 rings (SSSR count). The molecule has 4 saturated carbocycles. The Morgan fingerprint density at radius 1 is 1.08 bits per heavy atom. The first kappa shape index (κ1) is 26.2. The predicted molar refractivity (Wildman–Crippen MR) is 140 cm³/mol. The zero-order valence-electron chi connectivity index (χ0n) is 22.9. The summed E-state index contributed by atoms with van der Waals surface area (Å²) in [5, 5.41) is 27.6. The molecule has 0 saturated heterocycles. The summed E-state index contributed by atoms with van der Waals surface area (Å²) in [5.41, 5.74) is 1.88. The van der Waals surface area contributed by atoms with E-state index in [4.69, 9.17) is 5.11 Å². The number of fused-ring (bicyclic) bond motifs is 5. The summed E-state index contributed by atoms with van der Waals surface area (Å²) in [5.74, 6) is 4.27. The number of carboxylic acid groups (broad SMARTS) is 1. The maximum Gasteiger partial charge on any atom is 0.303 e. The molecule has 202 valence electrons. The number of aryl methyl sites for hydroxylation is 2. The standard InChI is InChI=1S/C30H49N3O3/c1-20(6-5-17-33-19-22(31-32-33)7-4-8-28(35)36)25-11-12-26-24-10-9-21-18-23(34)13-15-29(21,2)27(24)14-16-30(25,26)3/h19-21,23-27,34H,4-18H2,1-3H3,(H,35,36)/t20?,21-,23-,24?,25?,26+,27?,29+,30-/m1/s1. The number of aliphatic carboxylic acids is 1. The normalized spacial score (nSPS) is 40.8. The molecule has 6 heteroatoms. The molecule has 4 aliphatic carbocycles. The third kappa shape index (κ3) is 4.88. The number of carboxylic acids is 1. The van der Waals surface area contributed by atoms with E-state index in [1.807, 2.05) is 10.9 Å². The average Bonchev–Trinajstić information content (AvgIpc) is 3.43. The molecule has 9 atom stereocenters. The minimum absolute atomic E-state index is 0.0498. The second-order valence-corrected chi connectivity index (χ2v) is 13.7. The molecule has 0 radical (unpaired) electrons. The monoisotopic (exact) mass is 499 g/mol. The van der Waals surface area contributed by atoms with Crippen LogP contribution in [-0.4, -0.2) is 37.3 Å². The Kier molecular flexibility index (Phi) is 7.55. The van der Waals surface area contributed by atoms with Gasteiger partial charge in [-0.2, -0.15) is 0 Å². The van der Waals surface area contributed by atoms with Gasteiger partial charge in [0.25, 0.3) is 0 Å². The van der Waals surface area contributed by atoms with Crippen molar-refractivity contribution in [1.29, 1.82) is 0 Å². The van der Waals surface area contributed by atoms with Crippen LogP contribution in [0, 0.1) is 46.3 Å². The first-order chi connectivity index (χ1) is 17.2. The molecule has 4 fully saturated rings. The maximum atomic E-state index is 10.7.